The molecule has 5 rings (SSSR count). The van der Waals surface area contributed by atoms with Gasteiger partial charge in [-0.05, 0) is 55.3 Å². The molecular weight excluding hydrogens is 440 g/mol. The van der Waals surface area contributed by atoms with Gasteiger partial charge in [0.1, 0.15) is 11.2 Å². The second-order valence-corrected chi connectivity index (χ2v) is 8.58. The molecule has 0 bridgehead atoms. The van der Waals surface area contributed by atoms with Crippen LogP contribution < -0.4 is 10.9 Å². The number of H-pyrrole nitrogens is 1. The smallest absolute Gasteiger partial charge is 0.282 e. The van der Waals surface area contributed by atoms with Crippen molar-refractivity contribution in [2.75, 3.05) is 5.32 Å². The lowest BCUT2D eigenvalue weighted by Crippen LogP contribution is -2.19. The number of anilines is 1. The summed E-state index contributed by atoms with van der Waals surface area (Å²) in [7, 11) is 0. The van der Waals surface area contributed by atoms with Crippen molar-refractivity contribution >= 4 is 55.2 Å². The molecule has 0 radical (unpaired) electrons. The number of hydrogen-bond acceptors (Lipinski definition) is 3. The molecule has 142 valence electrons. The molecule has 2 heterocycles. The largest absolute Gasteiger partial charge is 0.367 e. The van der Waals surface area contributed by atoms with Gasteiger partial charge in [-0.15, -0.1) is 0 Å². The van der Waals surface area contributed by atoms with E-state index in [-0.39, 0.29) is 5.56 Å². The summed E-state index contributed by atoms with van der Waals surface area (Å²) >= 11 is 9.67. The molecule has 0 amide bonds. The normalized spacial score (nSPS) is 14.9. The fraction of sp³-hybridized carbons (Fsp3) is 0.238. The first kappa shape index (κ1) is 17.8. The van der Waals surface area contributed by atoms with Crippen molar-refractivity contribution in [3.8, 4) is 5.69 Å². The fourth-order valence-corrected chi connectivity index (χ4v) is 4.41. The number of halogens is 2. The summed E-state index contributed by atoms with van der Waals surface area (Å²) in [6.07, 6.45) is 4.63. The molecule has 2 N–H and O–H groups in total. The summed E-state index contributed by atoms with van der Waals surface area (Å²) in [5.41, 5.74) is 2.21. The number of nitrogens with zero attached hydrogens (tertiary/aromatic N) is 2. The lowest BCUT2D eigenvalue weighted by atomic mass is 10.1. The van der Waals surface area contributed by atoms with Crippen molar-refractivity contribution in [3.05, 3.63) is 62.3 Å². The summed E-state index contributed by atoms with van der Waals surface area (Å²) < 4.78 is 2.53. The molecule has 1 fully saturated rings. The van der Waals surface area contributed by atoms with Gasteiger partial charge >= 0.3 is 0 Å². The third-order valence-electron chi connectivity index (χ3n) is 5.37. The van der Waals surface area contributed by atoms with Gasteiger partial charge in [0.25, 0.3) is 5.56 Å². The molecule has 28 heavy (non-hydrogen) atoms. The van der Waals surface area contributed by atoms with Gasteiger partial charge in [-0.3, -0.25) is 9.89 Å². The number of pyridine rings is 1. The molecule has 5 nitrogen and oxygen atoms in total. The third kappa shape index (κ3) is 3.01. The zero-order valence-corrected chi connectivity index (χ0v) is 17.3. The Morgan fingerprint density at radius 1 is 1.14 bits per heavy atom. The van der Waals surface area contributed by atoms with Gasteiger partial charge in [-0.1, -0.05) is 40.4 Å². The number of aromatic nitrogens is 3. The van der Waals surface area contributed by atoms with Gasteiger partial charge in [-0.25, -0.2) is 9.67 Å². The Labute approximate surface area is 174 Å². The van der Waals surface area contributed by atoms with Crippen LogP contribution in [0.3, 0.4) is 0 Å². The van der Waals surface area contributed by atoms with Gasteiger partial charge in [0.2, 0.25) is 0 Å². The number of hydrogen-bond donors (Lipinski definition) is 2. The Morgan fingerprint density at radius 3 is 2.64 bits per heavy atom. The lowest BCUT2D eigenvalue weighted by Gasteiger charge is -2.14. The third-order valence-corrected chi connectivity index (χ3v) is 6.13. The van der Waals surface area contributed by atoms with Crippen LogP contribution in [0.1, 0.15) is 25.7 Å². The van der Waals surface area contributed by atoms with Crippen LogP contribution in [0.4, 0.5) is 5.82 Å². The molecule has 0 saturated heterocycles. The van der Waals surface area contributed by atoms with Crippen LogP contribution in [0, 0.1) is 0 Å². The fourth-order valence-electron chi connectivity index (χ4n) is 3.97. The molecule has 1 aliphatic rings. The first-order valence-electron chi connectivity index (χ1n) is 9.36. The summed E-state index contributed by atoms with van der Waals surface area (Å²) in [4.78, 5) is 18.1. The number of rotatable bonds is 3. The van der Waals surface area contributed by atoms with E-state index in [4.69, 9.17) is 16.6 Å². The highest BCUT2D eigenvalue weighted by molar-refractivity contribution is 9.10. The van der Waals surface area contributed by atoms with Crippen LogP contribution in [0.5, 0.6) is 0 Å². The van der Waals surface area contributed by atoms with Crippen LogP contribution in [0.25, 0.3) is 27.5 Å². The average Bonchev–Trinajstić information content (AvgIpc) is 3.31. The zero-order valence-electron chi connectivity index (χ0n) is 15.0. The summed E-state index contributed by atoms with van der Waals surface area (Å²) in [5.74, 6) is 0.647. The topological polar surface area (TPSA) is 62.7 Å². The second kappa shape index (κ2) is 6.94. The minimum absolute atomic E-state index is 0.118. The summed E-state index contributed by atoms with van der Waals surface area (Å²) in [5, 5.41) is 8.83. The minimum atomic E-state index is -0.118. The molecular formula is C21H18BrClN4O. The first-order chi connectivity index (χ1) is 13.6. The van der Waals surface area contributed by atoms with Crippen molar-refractivity contribution < 1.29 is 0 Å². The van der Waals surface area contributed by atoms with Crippen LogP contribution >= 0.6 is 27.5 Å². The quantitative estimate of drug-likeness (QED) is 0.419. The molecule has 2 aromatic heterocycles. The van der Waals surface area contributed by atoms with E-state index in [1.807, 2.05) is 42.5 Å². The van der Waals surface area contributed by atoms with Crippen molar-refractivity contribution in [3.63, 3.8) is 0 Å². The van der Waals surface area contributed by atoms with Crippen molar-refractivity contribution in [2.45, 2.75) is 31.7 Å². The maximum atomic E-state index is 13.3. The minimum Gasteiger partial charge on any atom is -0.367 e. The summed E-state index contributed by atoms with van der Waals surface area (Å²) in [6.45, 7) is 0. The number of benzene rings is 2. The predicted molar refractivity (Wildman–Crippen MR) is 118 cm³/mol. The highest BCUT2D eigenvalue weighted by atomic mass is 79.9. The Morgan fingerprint density at radius 2 is 1.89 bits per heavy atom. The lowest BCUT2D eigenvalue weighted by molar-refractivity contribution is 0.752. The Balaban J connectivity index is 1.79. The van der Waals surface area contributed by atoms with Crippen LogP contribution in [0.2, 0.25) is 5.02 Å². The highest BCUT2D eigenvalue weighted by Gasteiger charge is 2.21. The van der Waals surface area contributed by atoms with E-state index < -0.39 is 0 Å². The van der Waals surface area contributed by atoms with Crippen LogP contribution in [0.15, 0.2) is 51.7 Å². The van der Waals surface area contributed by atoms with E-state index in [2.05, 4.69) is 26.3 Å². The van der Waals surface area contributed by atoms with Gasteiger partial charge in [0.05, 0.1) is 16.7 Å². The Bertz CT molecular complexity index is 1240. The molecule has 0 aliphatic heterocycles. The van der Waals surface area contributed by atoms with Gasteiger partial charge in [-0.2, -0.15) is 0 Å². The van der Waals surface area contributed by atoms with Gasteiger partial charge in [0.15, 0.2) is 0 Å². The first-order valence-corrected chi connectivity index (χ1v) is 10.5. The second-order valence-electron chi connectivity index (χ2n) is 7.23. The zero-order chi connectivity index (χ0) is 19.3. The van der Waals surface area contributed by atoms with E-state index >= 15 is 0 Å². The van der Waals surface area contributed by atoms with E-state index in [1.54, 1.807) is 4.68 Å². The molecule has 7 heteroatoms. The molecule has 0 spiro atoms. The van der Waals surface area contributed by atoms with Gasteiger partial charge < -0.3 is 5.32 Å². The van der Waals surface area contributed by atoms with E-state index in [0.29, 0.717) is 22.3 Å². The Hall–Kier alpha value is -2.31. The number of nitrogens with one attached hydrogen (secondary N) is 2. The maximum Gasteiger partial charge on any atom is 0.282 e. The van der Waals surface area contributed by atoms with Gasteiger partial charge in [0, 0.05) is 20.9 Å². The maximum absolute atomic E-state index is 13.3. The van der Waals surface area contributed by atoms with Crippen molar-refractivity contribution in [1.82, 2.24) is 14.8 Å². The summed E-state index contributed by atoms with van der Waals surface area (Å²) in [6, 6.07) is 13.6. The average molecular weight is 458 g/mol. The molecule has 0 unspecified atom stereocenters. The van der Waals surface area contributed by atoms with E-state index in [1.165, 1.54) is 12.8 Å². The monoisotopic (exact) mass is 456 g/mol. The van der Waals surface area contributed by atoms with E-state index in [9.17, 15) is 4.79 Å². The van der Waals surface area contributed by atoms with E-state index in [0.717, 1.165) is 39.4 Å². The SMILES string of the molecule is O=c1c2c(NC3CCCC3)nc3ccc(Cl)cc3c2[nH]n1-c1ccc(Br)cc1. The van der Waals surface area contributed by atoms with Crippen LogP contribution in [-0.2, 0) is 0 Å². The molecule has 2 aromatic carbocycles. The number of aromatic amines is 1. The standard InChI is InChI=1S/C21H18BrClN4O/c22-12-5-8-15(9-6-12)27-21(28)18-19(26-27)16-11-13(23)7-10-17(16)25-20(18)24-14-3-1-2-4-14/h5-11,14,26H,1-4H2,(H,24,25). The van der Waals surface area contributed by atoms with Crippen molar-refractivity contribution in [2.24, 2.45) is 0 Å². The molecule has 1 aliphatic carbocycles. The Kier molecular flexibility index (Phi) is 4.40. The predicted octanol–water partition coefficient (Wildman–Crippen LogP) is 5.64. The highest BCUT2D eigenvalue weighted by Crippen LogP contribution is 2.31. The molecule has 4 aromatic rings. The van der Waals surface area contributed by atoms with Crippen LogP contribution in [-0.4, -0.2) is 20.8 Å². The number of fused-ring (bicyclic) bond motifs is 3. The van der Waals surface area contributed by atoms with Crippen molar-refractivity contribution in [1.29, 1.82) is 0 Å². The molecule has 1 saturated carbocycles. The molecule has 0 atom stereocenters.